The second-order valence-corrected chi connectivity index (χ2v) is 7.94. The van der Waals surface area contributed by atoms with Gasteiger partial charge in [0.15, 0.2) is 22.5 Å². The van der Waals surface area contributed by atoms with E-state index >= 15 is 0 Å². The highest BCUT2D eigenvalue weighted by atomic mass is 32.2. The van der Waals surface area contributed by atoms with Crippen LogP contribution in [0.15, 0.2) is 47.6 Å². The summed E-state index contributed by atoms with van der Waals surface area (Å²) >= 11 is 1.34. The van der Waals surface area contributed by atoms with Gasteiger partial charge in [-0.15, -0.1) is 10.2 Å². The number of ether oxygens (including phenoxy) is 3. The Kier molecular flexibility index (Phi) is 8.38. The SMILES string of the molecule is CCCOc1ccc(CNC(=O)CSc2nnc(-c3ccc(OC)c(OC)c3)n2C)cc1. The number of hydrogen-bond acceptors (Lipinski definition) is 7. The molecule has 0 saturated heterocycles. The number of nitrogens with zero attached hydrogens (tertiary/aromatic N) is 3. The fraction of sp³-hybridized carbons (Fsp3) is 0.348. The average Bonchev–Trinajstić information content (AvgIpc) is 3.20. The maximum atomic E-state index is 12.3. The van der Waals surface area contributed by atoms with Crippen molar-refractivity contribution in [3.05, 3.63) is 48.0 Å². The van der Waals surface area contributed by atoms with Gasteiger partial charge in [-0.25, -0.2) is 0 Å². The Morgan fingerprint density at radius 1 is 1.06 bits per heavy atom. The molecule has 0 unspecified atom stereocenters. The number of methoxy groups -OCH3 is 2. The molecule has 0 fully saturated rings. The fourth-order valence-corrected chi connectivity index (χ4v) is 3.71. The van der Waals surface area contributed by atoms with Crippen LogP contribution in [0.25, 0.3) is 11.4 Å². The van der Waals surface area contributed by atoms with Gasteiger partial charge in [0.25, 0.3) is 0 Å². The number of aromatic nitrogens is 3. The van der Waals surface area contributed by atoms with Crippen molar-refractivity contribution >= 4 is 17.7 Å². The molecular weight excluding hydrogens is 428 g/mol. The van der Waals surface area contributed by atoms with Crippen LogP contribution in [0.4, 0.5) is 0 Å². The smallest absolute Gasteiger partial charge is 0.230 e. The van der Waals surface area contributed by atoms with Crippen LogP contribution in [0.1, 0.15) is 18.9 Å². The molecule has 0 saturated carbocycles. The third-order valence-electron chi connectivity index (χ3n) is 4.69. The first kappa shape index (κ1) is 23.5. The molecule has 1 aromatic heterocycles. The molecule has 0 bridgehead atoms. The van der Waals surface area contributed by atoms with Crippen molar-refractivity contribution in [3.8, 4) is 28.6 Å². The molecule has 32 heavy (non-hydrogen) atoms. The lowest BCUT2D eigenvalue weighted by Crippen LogP contribution is -2.24. The Morgan fingerprint density at radius 2 is 1.81 bits per heavy atom. The summed E-state index contributed by atoms with van der Waals surface area (Å²) in [6, 6.07) is 13.3. The maximum Gasteiger partial charge on any atom is 0.230 e. The zero-order valence-corrected chi connectivity index (χ0v) is 19.6. The number of amides is 1. The van der Waals surface area contributed by atoms with Crippen molar-refractivity contribution in [1.29, 1.82) is 0 Å². The molecule has 9 heteroatoms. The molecule has 8 nitrogen and oxygen atoms in total. The van der Waals surface area contributed by atoms with E-state index in [1.165, 1.54) is 11.8 Å². The minimum atomic E-state index is -0.0722. The third kappa shape index (κ3) is 5.94. The lowest BCUT2D eigenvalue weighted by molar-refractivity contribution is -0.118. The summed E-state index contributed by atoms with van der Waals surface area (Å²) < 4.78 is 18.1. The van der Waals surface area contributed by atoms with Gasteiger partial charge in [-0.1, -0.05) is 30.8 Å². The van der Waals surface area contributed by atoms with E-state index < -0.39 is 0 Å². The second kappa shape index (κ2) is 11.4. The summed E-state index contributed by atoms with van der Waals surface area (Å²) in [6.07, 6.45) is 0.969. The minimum Gasteiger partial charge on any atom is -0.494 e. The summed E-state index contributed by atoms with van der Waals surface area (Å²) in [5.41, 5.74) is 1.86. The highest BCUT2D eigenvalue weighted by Gasteiger charge is 2.15. The number of carbonyl (C=O) groups is 1. The number of thioether (sulfide) groups is 1. The van der Waals surface area contributed by atoms with E-state index in [4.69, 9.17) is 14.2 Å². The molecular formula is C23H28N4O4S. The van der Waals surface area contributed by atoms with Crippen molar-refractivity contribution < 1.29 is 19.0 Å². The topological polar surface area (TPSA) is 87.5 Å². The fourth-order valence-electron chi connectivity index (χ4n) is 2.97. The van der Waals surface area contributed by atoms with Crippen LogP contribution in [0.3, 0.4) is 0 Å². The number of hydrogen-bond donors (Lipinski definition) is 1. The monoisotopic (exact) mass is 456 g/mol. The number of rotatable bonds is 11. The quantitative estimate of drug-likeness (QED) is 0.440. The lowest BCUT2D eigenvalue weighted by Gasteiger charge is -2.09. The predicted octanol–water partition coefficient (Wildman–Crippen LogP) is 3.70. The molecule has 1 N–H and O–H groups in total. The molecule has 1 heterocycles. The summed E-state index contributed by atoms with van der Waals surface area (Å²) in [5.74, 6) is 2.95. The van der Waals surface area contributed by atoms with Crippen LogP contribution in [0, 0.1) is 0 Å². The van der Waals surface area contributed by atoms with E-state index in [1.807, 2.05) is 54.1 Å². The summed E-state index contributed by atoms with van der Waals surface area (Å²) in [4.78, 5) is 12.3. The number of benzene rings is 2. The van der Waals surface area contributed by atoms with Gasteiger partial charge < -0.3 is 24.1 Å². The maximum absolute atomic E-state index is 12.3. The van der Waals surface area contributed by atoms with Crippen molar-refractivity contribution in [2.75, 3.05) is 26.6 Å². The van der Waals surface area contributed by atoms with Crippen molar-refractivity contribution in [2.45, 2.75) is 25.0 Å². The normalized spacial score (nSPS) is 10.6. The van der Waals surface area contributed by atoms with Crippen molar-refractivity contribution in [1.82, 2.24) is 20.1 Å². The summed E-state index contributed by atoms with van der Waals surface area (Å²) in [7, 11) is 5.05. The Hall–Kier alpha value is -3.20. The molecule has 2 aromatic carbocycles. The Bertz CT molecular complexity index is 1040. The van der Waals surface area contributed by atoms with Gasteiger partial charge in [0.05, 0.1) is 26.6 Å². The van der Waals surface area contributed by atoms with E-state index in [-0.39, 0.29) is 11.7 Å². The molecule has 0 radical (unpaired) electrons. The molecule has 0 aliphatic heterocycles. The largest absolute Gasteiger partial charge is 0.494 e. The standard InChI is InChI=1S/C23H28N4O4S/c1-5-12-31-18-9-6-16(7-10-18)14-24-21(28)15-32-23-26-25-22(27(23)2)17-8-11-19(29-3)20(13-17)30-4/h6-11,13H,5,12,14-15H2,1-4H3,(H,24,28). The third-order valence-corrected chi connectivity index (χ3v) is 5.72. The van der Waals surface area contributed by atoms with Gasteiger partial charge in [0.2, 0.25) is 5.91 Å². The summed E-state index contributed by atoms with van der Waals surface area (Å²) in [5, 5.41) is 12.1. The second-order valence-electron chi connectivity index (χ2n) is 6.99. The highest BCUT2D eigenvalue weighted by Crippen LogP contribution is 2.32. The number of nitrogens with one attached hydrogen (secondary N) is 1. The molecule has 3 aromatic rings. The van der Waals surface area contributed by atoms with Crippen molar-refractivity contribution in [3.63, 3.8) is 0 Å². The van der Waals surface area contributed by atoms with Crippen LogP contribution < -0.4 is 19.5 Å². The Labute approximate surface area is 192 Å². The van der Waals surface area contributed by atoms with Crippen LogP contribution in [-0.2, 0) is 18.4 Å². The highest BCUT2D eigenvalue weighted by molar-refractivity contribution is 7.99. The van der Waals surface area contributed by atoms with Crippen LogP contribution in [0.2, 0.25) is 0 Å². The van der Waals surface area contributed by atoms with E-state index in [0.29, 0.717) is 35.6 Å². The Balaban J connectivity index is 1.54. The van der Waals surface area contributed by atoms with Gasteiger partial charge >= 0.3 is 0 Å². The molecule has 0 atom stereocenters. The van der Waals surface area contributed by atoms with Gasteiger partial charge in [-0.05, 0) is 42.3 Å². The number of carbonyl (C=O) groups excluding carboxylic acids is 1. The van der Waals surface area contributed by atoms with E-state index in [1.54, 1.807) is 14.2 Å². The molecule has 0 spiro atoms. The van der Waals surface area contributed by atoms with Crippen LogP contribution >= 0.6 is 11.8 Å². The molecule has 0 aliphatic rings. The van der Waals surface area contributed by atoms with Gasteiger partial charge in [0.1, 0.15) is 5.75 Å². The summed E-state index contributed by atoms with van der Waals surface area (Å²) in [6.45, 7) is 3.23. The molecule has 3 rings (SSSR count). The van der Waals surface area contributed by atoms with Crippen LogP contribution in [-0.4, -0.2) is 47.3 Å². The van der Waals surface area contributed by atoms with Crippen LogP contribution in [0.5, 0.6) is 17.2 Å². The predicted molar refractivity (Wildman–Crippen MR) is 124 cm³/mol. The van der Waals surface area contributed by atoms with Gasteiger partial charge in [-0.3, -0.25) is 4.79 Å². The Morgan fingerprint density at radius 3 is 2.50 bits per heavy atom. The minimum absolute atomic E-state index is 0.0722. The van der Waals surface area contributed by atoms with Gasteiger partial charge in [0, 0.05) is 19.2 Å². The van der Waals surface area contributed by atoms with Gasteiger partial charge in [-0.2, -0.15) is 0 Å². The molecule has 0 aliphatic carbocycles. The molecule has 1 amide bonds. The zero-order chi connectivity index (χ0) is 22.9. The van der Waals surface area contributed by atoms with Crippen molar-refractivity contribution in [2.24, 2.45) is 7.05 Å². The average molecular weight is 457 g/mol. The lowest BCUT2D eigenvalue weighted by atomic mass is 10.2. The first-order valence-corrected chi connectivity index (χ1v) is 11.3. The molecule has 170 valence electrons. The first-order chi connectivity index (χ1) is 15.5. The van der Waals surface area contributed by atoms with E-state index in [2.05, 4.69) is 22.4 Å². The van der Waals surface area contributed by atoms with E-state index in [9.17, 15) is 4.79 Å². The zero-order valence-electron chi connectivity index (χ0n) is 18.8. The van der Waals surface area contributed by atoms with E-state index in [0.717, 1.165) is 23.3 Å². The first-order valence-electron chi connectivity index (χ1n) is 10.3.